The van der Waals surface area contributed by atoms with Gasteiger partial charge in [-0.2, -0.15) is 0 Å². The molecular formula is C29H29N3O4. The van der Waals surface area contributed by atoms with Gasteiger partial charge in [-0.25, -0.2) is 4.90 Å². The van der Waals surface area contributed by atoms with Crippen LogP contribution in [0.4, 0.5) is 17.1 Å². The van der Waals surface area contributed by atoms with E-state index in [-0.39, 0.29) is 40.9 Å². The molecule has 5 rings (SSSR count). The molecule has 7 heteroatoms. The lowest BCUT2D eigenvalue weighted by Gasteiger charge is -2.19. The van der Waals surface area contributed by atoms with Gasteiger partial charge in [-0.15, -0.1) is 0 Å². The first kappa shape index (κ1) is 23.7. The maximum Gasteiger partial charge on any atom is 0.294 e. The van der Waals surface area contributed by atoms with E-state index in [1.165, 1.54) is 17.2 Å². The third kappa shape index (κ3) is 4.61. The van der Waals surface area contributed by atoms with Crippen molar-refractivity contribution < 1.29 is 14.5 Å². The summed E-state index contributed by atoms with van der Waals surface area (Å²) in [4.78, 5) is 38.5. The Kier molecular flexibility index (Phi) is 6.80. The van der Waals surface area contributed by atoms with Crippen molar-refractivity contribution in [1.82, 2.24) is 0 Å². The standard InChI is InChI=1S/C29H29N3O4/c33-28-24-13-7-8-14-25(24)29(34)31(28)22-15-16-26(27(19-22)32(35)36)30-18-17-23(20-9-3-1-4-10-20)21-11-5-2-6-12-21/h1-6,9-12,15-16,19,23-25,30H,7-8,13-14,17-18H2/t24-,25+. The molecule has 0 unspecified atom stereocenters. The number of fused-ring (bicyclic) bond motifs is 1. The number of nitro groups is 1. The van der Waals surface area contributed by atoms with Crippen LogP contribution < -0.4 is 10.2 Å². The summed E-state index contributed by atoms with van der Waals surface area (Å²) in [6.07, 6.45) is 4.02. The largest absolute Gasteiger partial charge is 0.379 e. The van der Waals surface area contributed by atoms with Gasteiger partial charge in [0.15, 0.2) is 0 Å². The highest BCUT2D eigenvalue weighted by Crippen LogP contribution is 2.41. The molecule has 1 heterocycles. The second-order valence-electron chi connectivity index (χ2n) is 9.56. The van der Waals surface area contributed by atoms with Crippen molar-refractivity contribution in [2.75, 3.05) is 16.8 Å². The molecule has 2 amide bonds. The first-order valence-corrected chi connectivity index (χ1v) is 12.5. The smallest absolute Gasteiger partial charge is 0.294 e. The number of hydrogen-bond donors (Lipinski definition) is 1. The van der Waals surface area contributed by atoms with Crippen LogP contribution in [0, 0.1) is 22.0 Å². The van der Waals surface area contributed by atoms with Crippen molar-refractivity contribution in [2.45, 2.75) is 38.0 Å². The van der Waals surface area contributed by atoms with E-state index in [9.17, 15) is 19.7 Å². The van der Waals surface area contributed by atoms with E-state index in [4.69, 9.17) is 0 Å². The molecule has 3 aromatic carbocycles. The molecule has 0 radical (unpaired) electrons. The predicted octanol–water partition coefficient (Wildman–Crippen LogP) is 5.91. The zero-order chi connectivity index (χ0) is 25.1. The molecule has 1 saturated heterocycles. The number of amides is 2. The highest BCUT2D eigenvalue weighted by molar-refractivity contribution is 6.22. The predicted molar refractivity (Wildman–Crippen MR) is 139 cm³/mol. The van der Waals surface area contributed by atoms with Crippen molar-refractivity contribution >= 4 is 28.9 Å². The van der Waals surface area contributed by atoms with Crippen LogP contribution in [0.1, 0.15) is 49.1 Å². The van der Waals surface area contributed by atoms with E-state index < -0.39 is 4.92 Å². The molecule has 0 spiro atoms. The number of nitro benzene ring substituents is 1. The van der Waals surface area contributed by atoms with Crippen molar-refractivity contribution in [3.05, 3.63) is 100 Å². The van der Waals surface area contributed by atoms with Gasteiger partial charge < -0.3 is 5.32 Å². The summed E-state index contributed by atoms with van der Waals surface area (Å²) in [7, 11) is 0. The van der Waals surface area contributed by atoms with Crippen molar-refractivity contribution in [2.24, 2.45) is 11.8 Å². The number of carbonyl (C=O) groups is 2. The lowest BCUT2D eigenvalue weighted by Crippen LogP contribution is -2.30. The number of benzene rings is 3. The van der Waals surface area contributed by atoms with Gasteiger partial charge in [0.1, 0.15) is 5.69 Å². The fourth-order valence-electron chi connectivity index (χ4n) is 5.62. The second kappa shape index (κ2) is 10.3. The molecule has 1 N–H and O–H groups in total. The Hall–Kier alpha value is -4.00. The van der Waals surface area contributed by atoms with Crippen molar-refractivity contribution in [3.8, 4) is 0 Å². The number of anilines is 2. The normalized spacial score (nSPS) is 19.4. The monoisotopic (exact) mass is 483 g/mol. The molecule has 1 aliphatic carbocycles. The van der Waals surface area contributed by atoms with Crippen LogP contribution in [0.2, 0.25) is 0 Å². The molecule has 3 aromatic rings. The fraction of sp³-hybridized carbons (Fsp3) is 0.310. The lowest BCUT2D eigenvalue weighted by atomic mass is 9.81. The van der Waals surface area contributed by atoms with Gasteiger partial charge in [0.05, 0.1) is 22.4 Å². The van der Waals surface area contributed by atoms with Crippen LogP contribution in [-0.2, 0) is 9.59 Å². The second-order valence-corrected chi connectivity index (χ2v) is 9.56. The molecule has 2 fully saturated rings. The maximum absolute atomic E-state index is 13.0. The molecule has 184 valence electrons. The Morgan fingerprint density at radius 1 is 0.861 bits per heavy atom. The molecule has 0 bridgehead atoms. The molecule has 2 aliphatic rings. The molecule has 0 aromatic heterocycles. The van der Waals surface area contributed by atoms with Crippen LogP contribution in [0.15, 0.2) is 78.9 Å². The highest BCUT2D eigenvalue weighted by atomic mass is 16.6. The zero-order valence-corrected chi connectivity index (χ0v) is 20.0. The van der Waals surface area contributed by atoms with Crippen LogP contribution in [0.5, 0.6) is 0 Å². The third-order valence-corrected chi connectivity index (χ3v) is 7.43. The minimum absolute atomic E-state index is 0.140. The van der Waals surface area contributed by atoms with Crippen LogP contribution in [-0.4, -0.2) is 23.3 Å². The Bertz CT molecular complexity index is 1200. The average molecular weight is 484 g/mol. The quantitative estimate of drug-likeness (QED) is 0.244. The van der Waals surface area contributed by atoms with Crippen LogP contribution >= 0.6 is 0 Å². The summed E-state index contributed by atoms with van der Waals surface area (Å²) in [5, 5.41) is 15.1. The molecule has 2 atom stereocenters. The summed E-state index contributed by atoms with van der Waals surface area (Å²) < 4.78 is 0. The van der Waals surface area contributed by atoms with Crippen LogP contribution in [0.25, 0.3) is 0 Å². The van der Waals surface area contributed by atoms with Gasteiger partial charge in [0.2, 0.25) is 11.8 Å². The Balaban J connectivity index is 1.34. The minimum Gasteiger partial charge on any atom is -0.379 e. The lowest BCUT2D eigenvalue weighted by molar-refractivity contribution is -0.383. The van der Waals surface area contributed by atoms with E-state index >= 15 is 0 Å². The van der Waals surface area contributed by atoms with Crippen molar-refractivity contribution in [1.29, 1.82) is 0 Å². The average Bonchev–Trinajstić information content (AvgIpc) is 3.17. The van der Waals surface area contributed by atoms with E-state index in [0.29, 0.717) is 25.1 Å². The summed E-state index contributed by atoms with van der Waals surface area (Å²) in [5.41, 5.74) is 2.88. The highest BCUT2D eigenvalue weighted by Gasteiger charge is 2.49. The van der Waals surface area contributed by atoms with E-state index in [1.54, 1.807) is 12.1 Å². The molecule has 1 saturated carbocycles. The summed E-state index contributed by atoms with van der Waals surface area (Å²) >= 11 is 0. The first-order valence-electron chi connectivity index (χ1n) is 12.5. The van der Waals surface area contributed by atoms with E-state index in [0.717, 1.165) is 24.2 Å². The summed E-state index contributed by atoms with van der Waals surface area (Å²) in [5.74, 6) is -0.907. The number of nitrogens with zero attached hydrogens (tertiary/aromatic N) is 2. The molecular weight excluding hydrogens is 454 g/mol. The van der Waals surface area contributed by atoms with Crippen LogP contribution in [0.3, 0.4) is 0 Å². The number of imide groups is 1. The van der Waals surface area contributed by atoms with E-state index in [1.807, 2.05) is 36.4 Å². The Morgan fingerprint density at radius 3 is 1.94 bits per heavy atom. The fourth-order valence-corrected chi connectivity index (χ4v) is 5.62. The Morgan fingerprint density at radius 2 is 1.42 bits per heavy atom. The molecule has 7 nitrogen and oxygen atoms in total. The molecule has 36 heavy (non-hydrogen) atoms. The Labute approximate surface area is 210 Å². The van der Waals surface area contributed by atoms with Crippen molar-refractivity contribution in [3.63, 3.8) is 0 Å². The SMILES string of the molecule is O=C1[C@H]2CCCC[C@H]2C(=O)N1c1ccc(NCCC(c2ccccc2)c2ccccc2)c([N+](=O)[O-])c1. The summed E-state index contributed by atoms with van der Waals surface area (Å²) in [6, 6.07) is 25.0. The van der Waals surface area contributed by atoms with Gasteiger partial charge >= 0.3 is 0 Å². The summed E-state index contributed by atoms with van der Waals surface area (Å²) in [6.45, 7) is 0.514. The third-order valence-electron chi connectivity index (χ3n) is 7.43. The van der Waals surface area contributed by atoms with Gasteiger partial charge in [-0.05, 0) is 42.5 Å². The maximum atomic E-state index is 13.0. The zero-order valence-electron chi connectivity index (χ0n) is 20.0. The molecule has 1 aliphatic heterocycles. The number of nitrogens with one attached hydrogen (secondary N) is 1. The van der Waals surface area contributed by atoms with Gasteiger partial charge in [0.25, 0.3) is 5.69 Å². The van der Waals surface area contributed by atoms with Gasteiger partial charge in [-0.1, -0.05) is 73.5 Å². The topological polar surface area (TPSA) is 92.6 Å². The van der Waals surface area contributed by atoms with Gasteiger partial charge in [-0.3, -0.25) is 19.7 Å². The first-order chi connectivity index (χ1) is 17.5. The number of hydrogen-bond acceptors (Lipinski definition) is 5. The minimum atomic E-state index is -0.463. The number of carbonyl (C=O) groups excluding carboxylic acids is 2. The number of rotatable bonds is 8. The van der Waals surface area contributed by atoms with Gasteiger partial charge in [0, 0.05) is 18.5 Å². The van der Waals surface area contributed by atoms with E-state index in [2.05, 4.69) is 29.6 Å².